The van der Waals surface area contributed by atoms with Gasteiger partial charge in [0, 0.05) is 11.9 Å². The van der Waals surface area contributed by atoms with Crippen LogP contribution in [0.25, 0.3) is 5.65 Å². The zero-order chi connectivity index (χ0) is 15.5. The number of aromatic nitrogens is 2. The Bertz CT molecular complexity index is 863. The van der Waals surface area contributed by atoms with Gasteiger partial charge in [0.15, 0.2) is 11.4 Å². The number of aliphatic hydroxyl groups excluding tert-OH is 1. The van der Waals surface area contributed by atoms with Gasteiger partial charge in [0.2, 0.25) is 0 Å². The van der Waals surface area contributed by atoms with Crippen molar-refractivity contribution in [3.63, 3.8) is 0 Å². The second kappa shape index (κ2) is 7.21. The molecule has 0 atom stereocenters. The fraction of sp³-hybridized carbons (Fsp3) is 0.176. The SMILES string of the molecule is C.COc1cccn2c(=S)c(CO)c(Nc3ccccc3)nc12. The Morgan fingerprint density at radius 3 is 2.61 bits per heavy atom. The predicted octanol–water partition coefficient (Wildman–Crippen LogP) is 3.94. The number of aliphatic hydroxyl groups is 1. The highest BCUT2D eigenvalue weighted by Crippen LogP contribution is 2.25. The van der Waals surface area contributed by atoms with Crippen LogP contribution in [0.1, 0.15) is 13.0 Å². The smallest absolute Gasteiger partial charge is 0.182 e. The number of nitrogens with zero attached hydrogens (tertiary/aromatic N) is 2. The molecule has 0 spiro atoms. The molecule has 3 aromatic rings. The predicted molar refractivity (Wildman–Crippen MR) is 95.0 cm³/mol. The minimum absolute atomic E-state index is 0. The van der Waals surface area contributed by atoms with E-state index >= 15 is 0 Å². The summed E-state index contributed by atoms with van der Waals surface area (Å²) in [5, 5.41) is 12.9. The monoisotopic (exact) mass is 329 g/mol. The average molecular weight is 329 g/mol. The molecule has 23 heavy (non-hydrogen) atoms. The van der Waals surface area contributed by atoms with Crippen LogP contribution >= 0.6 is 12.2 Å². The molecule has 3 rings (SSSR count). The van der Waals surface area contributed by atoms with Crippen LogP contribution in [0, 0.1) is 4.64 Å². The Labute approximate surface area is 140 Å². The maximum atomic E-state index is 9.67. The zero-order valence-electron chi connectivity index (χ0n) is 12.0. The number of anilines is 2. The van der Waals surface area contributed by atoms with Crippen LogP contribution in [0.2, 0.25) is 0 Å². The first-order valence-corrected chi connectivity index (χ1v) is 7.16. The average Bonchev–Trinajstić information content (AvgIpc) is 2.56. The fourth-order valence-electron chi connectivity index (χ4n) is 2.24. The number of hydrogen-bond acceptors (Lipinski definition) is 5. The van der Waals surface area contributed by atoms with Gasteiger partial charge in [0.05, 0.1) is 19.3 Å². The Morgan fingerprint density at radius 2 is 1.96 bits per heavy atom. The molecular formula is C17H19N3O2S. The second-order valence-electron chi connectivity index (χ2n) is 4.66. The van der Waals surface area contributed by atoms with Crippen molar-refractivity contribution < 1.29 is 9.84 Å². The molecule has 2 heterocycles. The van der Waals surface area contributed by atoms with Gasteiger partial charge in [-0.2, -0.15) is 0 Å². The Kier molecular flexibility index (Phi) is 5.31. The third-order valence-electron chi connectivity index (χ3n) is 3.33. The van der Waals surface area contributed by atoms with Crippen molar-refractivity contribution in [2.24, 2.45) is 0 Å². The first kappa shape index (κ1) is 16.9. The molecule has 0 aliphatic carbocycles. The van der Waals surface area contributed by atoms with Crippen LogP contribution in [0.5, 0.6) is 5.75 Å². The molecule has 0 amide bonds. The number of para-hydroxylation sites is 1. The van der Waals surface area contributed by atoms with E-state index in [0.29, 0.717) is 27.4 Å². The summed E-state index contributed by atoms with van der Waals surface area (Å²) in [5.74, 6) is 1.15. The van der Waals surface area contributed by atoms with Gasteiger partial charge in [0.25, 0.3) is 0 Å². The number of pyridine rings is 1. The summed E-state index contributed by atoms with van der Waals surface area (Å²) >= 11 is 5.47. The van der Waals surface area contributed by atoms with E-state index in [1.54, 1.807) is 17.7 Å². The number of nitrogens with one attached hydrogen (secondary N) is 1. The summed E-state index contributed by atoms with van der Waals surface area (Å²) in [6.45, 7) is -0.193. The molecule has 5 nitrogen and oxygen atoms in total. The lowest BCUT2D eigenvalue weighted by Gasteiger charge is -2.14. The lowest BCUT2D eigenvalue weighted by atomic mass is 10.2. The number of methoxy groups -OCH3 is 1. The lowest BCUT2D eigenvalue weighted by molar-refractivity contribution is 0.281. The van der Waals surface area contributed by atoms with Gasteiger partial charge >= 0.3 is 0 Å². The van der Waals surface area contributed by atoms with E-state index in [-0.39, 0.29) is 14.0 Å². The van der Waals surface area contributed by atoms with Crippen molar-refractivity contribution in [3.8, 4) is 5.75 Å². The van der Waals surface area contributed by atoms with Gasteiger partial charge in [-0.25, -0.2) is 4.98 Å². The highest BCUT2D eigenvalue weighted by molar-refractivity contribution is 7.71. The molecule has 0 radical (unpaired) electrons. The summed E-state index contributed by atoms with van der Waals surface area (Å²) in [6.07, 6.45) is 1.80. The first-order chi connectivity index (χ1) is 10.7. The third-order valence-corrected chi connectivity index (χ3v) is 3.77. The third kappa shape index (κ3) is 3.18. The summed E-state index contributed by atoms with van der Waals surface area (Å²) in [4.78, 5) is 4.57. The molecule has 0 unspecified atom stereocenters. The van der Waals surface area contributed by atoms with E-state index in [2.05, 4.69) is 10.3 Å². The van der Waals surface area contributed by atoms with E-state index in [1.165, 1.54) is 0 Å². The molecule has 0 aliphatic rings. The molecule has 1 aromatic carbocycles. The van der Waals surface area contributed by atoms with Gasteiger partial charge < -0.3 is 15.2 Å². The highest BCUT2D eigenvalue weighted by atomic mass is 32.1. The van der Waals surface area contributed by atoms with Gasteiger partial charge in [-0.05, 0) is 24.3 Å². The van der Waals surface area contributed by atoms with Crippen LogP contribution in [0.15, 0.2) is 48.7 Å². The standard InChI is InChI=1S/C16H15N3O2S.CH4/c1-21-13-8-5-9-19-15(13)18-14(12(10-20)16(19)22)17-11-6-3-2-4-7-11;/h2-9,17,20H,10H2,1H3;1H4. The van der Waals surface area contributed by atoms with Crippen molar-refractivity contribution in [2.45, 2.75) is 14.0 Å². The van der Waals surface area contributed by atoms with Crippen LogP contribution < -0.4 is 10.1 Å². The molecule has 0 bridgehead atoms. The van der Waals surface area contributed by atoms with E-state index in [4.69, 9.17) is 17.0 Å². The number of ether oxygens (including phenoxy) is 1. The van der Waals surface area contributed by atoms with Crippen LogP contribution in [-0.4, -0.2) is 21.6 Å². The Morgan fingerprint density at radius 1 is 1.22 bits per heavy atom. The molecule has 6 heteroatoms. The molecule has 0 saturated carbocycles. The Hall–Kier alpha value is -2.44. The second-order valence-corrected chi connectivity index (χ2v) is 5.05. The van der Waals surface area contributed by atoms with Gasteiger partial charge in [-0.1, -0.05) is 37.8 Å². The maximum absolute atomic E-state index is 9.67. The fourth-order valence-corrected chi connectivity index (χ4v) is 2.55. The van der Waals surface area contributed by atoms with E-state index in [1.807, 2.05) is 42.5 Å². The van der Waals surface area contributed by atoms with E-state index in [0.717, 1.165) is 5.69 Å². The van der Waals surface area contributed by atoms with E-state index in [9.17, 15) is 5.11 Å². The largest absolute Gasteiger partial charge is 0.493 e. The van der Waals surface area contributed by atoms with Gasteiger partial charge in [-0.15, -0.1) is 0 Å². The van der Waals surface area contributed by atoms with Crippen molar-refractivity contribution >= 4 is 29.4 Å². The maximum Gasteiger partial charge on any atom is 0.182 e. The summed E-state index contributed by atoms with van der Waals surface area (Å²) in [6, 6.07) is 13.3. The molecule has 0 fully saturated rings. The summed E-state index contributed by atoms with van der Waals surface area (Å²) < 4.78 is 7.58. The summed E-state index contributed by atoms with van der Waals surface area (Å²) in [7, 11) is 1.59. The normalized spacial score (nSPS) is 10.2. The van der Waals surface area contributed by atoms with Gasteiger partial charge in [-0.3, -0.25) is 4.40 Å². The summed E-state index contributed by atoms with van der Waals surface area (Å²) in [5.41, 5.74) is 2.05. The zero-order valence-corrected chi connectivity index (χ0v) is 12.8. The molecule has 0 aliphatic heterocycles. The number of rotatable bonds is 4. The van der Waals surface area contributed by atoms with Crippen LogP contribution in [0.3, 0.4) is 0 Å². The quantitative estimate of drug-likeness (QED) is 0.710. The molecule has 2 N–H and O–H groups in total. The molecule has 0 saturated heterocycles. The Balaban J connectivity index is 0.00000192. The van der Waals surface area contributed by atoms with Crippen LogP contribution in [0.4, 0.5) is 11.5 Å². The number of hydrogen-bond donors (Lipinski definition) is 2. The van der Waals surface area contributed by atoms with E-state index < -0.39 is 0 Å². The van der Waals surface area contributed by atoms with Crippen LogP contribution in [-0.2, 0) is 6.61 Å². The van der Waals surface area contributed by atoms with Gasteiger partial charge in [0.1, 0.15) is 10.5 Å². The molecule has 120 valence electrons. The van der Waals surface area contributed by atoms with Crippen molar-refractivity contribution in [2.75, 3.05) is 12.4 Å². The first-order valence-electron chi connectivity index (χ1n) is 6.75. The topological polar surface area (TPSA) is 58.8 Å². The molecular weight excluding hydrogens is 310 g/mol. The van der Waals surface area contributed by atoms with Crippen molar-refractivity contribution in [3.05, 3.63) is 58.9 Å². The minimum atomic E-state index is -0.193. The number of fused-ring (bicyclic) bond motifs is 1. The lowest BCUT2D eigenvalue weighted by Crippen LogP contribution is -2.06. The minimum Gasteiger partial charge on any atom is -0.493 e. The van der Waals surface area contributed by atoms with Crippen molar-refractivity contribution in [1.82, 2.24) is 9.38 Å². The number of benzene rings is 1. The molecule has 2 aromatic heterocycles. The van der Waals surface area contributed by atoms with Crippen molar-refractivity contribution in [1.29, 1.82) is 0 Å². The highest BCUT2D eigenvalue weighted by Gasteiger charge is 2.12.